The van der Waals surface area contributed by atoms with Crippen LogP contribution in [-0.4, -0.2) is 37.1 Å². The van der Waals surface area contributed by atoms with E-state index in [0.717, 1.165) is 6.04 Å². The molecule has 1 saturated heterocycles. The van der Waals surface area contributed by atoms with Gasteiger partial charge in [-0.25, -0.2) is 0 Å². The third kappa shape index (κ3) is 1.62. The van der Waals surface area contributed by atoms with Crippen molar-refractivity contribution in [2.24, 2.45) is 0 Å². The van der Waals surface area contributed by atoms with Crippen LogP contribution in [-0.2, 0) is 0 Å². The fourth-order valence-electron chi connectivity index (χ4n) is 3.17. The minimum Gasteiger partial charge on any atom is -0.317 e. The van der Waals surface area contributed by atoms with E-state index in [0.29, 0.717) is 5.54 Å². The molecule has 1 aliphatic carbocycles. The number of rotatable bonds is 1. The van der Waals surface area contributed by atoms with Crippen LogP contribution in [0.4, 0.5) is 0 Å². The van der Waals surface area contributed by atoms with Crippen molar-refractivity contribution in [2.75, 3.05) is 20.6 Å². The van der Waals surface area contributed by atoms with Crippen LogP contribution in [0.15, 0.2) is 0 Å². The van der Waals surface area contributed by atoms with Crippen LogP contribution >= 0.6 is 0 Å². The van der Waals surface area contributed by atoms with E-state index < -0.39 is 0 Å². The van der Waals surface area contributed by atoms with Crippen LogP contribution in [0, 0.1) is 0 Å². The van der Waals surface area contributed by atoms with E-state index in [1.54, 1.807) is 0 Å². The third-order valence-corrected chi connectivity index (χ3v) is 4.19. The molecular weight excluding hydrogens is 160 g/mol. The highest BCUT2D eigenvalue weighted by Crippen LogP contribution is 2.40. The standard InChI is InChI=1S/C11H22N2/c1-12-10-5-8-13(2)11(9-10)6-3-4-7-11/h10,12H,3-9H2,1-2H3. The van der Waals surface area contributed by atoms with Gasteiger partial charge in [0.05, 0.1) is 0 Å². The van der Waals surface area contributed by atoms with Gasteiger partial charge in [-0.1, -0.05) is 12.8 Å². The SMILES string of the molecule is CNC1CCN(C)C2(CCCC2)C1. The molecule has 0 aromatic heterocycles. The van der Waals surface area contributed by atoms with Gasteiger partial charge in [-0.05, 0) is 46.3 Å². The zero-order valence-corrected chi connectivity index (χ0v) is 8.97. The first kappa shape index (κ1) is 9.47. The number of likely N-dealkylation sites (tertiary alicyclic amines) is 1. The molecule has 2 fully saturated rings. The minimum atomic E-state index is 0.575. The summed E-state index contributed by atoms with van der Waals surface area (Å²) in [6.07, 6.45) is 8.46. The lowest BCUT2D eigenvalue weighted by Crippen LogP contribution is -2.54. The molecule has 1 saturated carbocycles. The molecule has 76 valence electrons. The first-order valence-corrected chi connectivity index (χ1v) is 5.65. The van der Waals surface area contributed by atoms with E-state index in [2.05, 4.69) is 24.3 Å². The molecule has 0 aromatic carbocycles. The highest BCUT2D eigenvalue weighted by atomic mass is 15.2. The van der Waals surface area contributed by atoms with Gasteiger partial charge >= 0.3 is 0 Å². The molecule has 2 nitrogen and oxygen atoms in total. The summed E-state index contributed by atoms with van der Waals surface area (Å²) in [4.78, 5) is 2.62. The maximum atomic E-state index is 3.45. The normalized spacial score (nSPS) is 34.2. The number of hydrogen-bond donors (Lipinski definition) is 1. The Balaban J connectivity index is 2.05. The molecule has 0 aromatic rings. The van der Waals surface area contributed by atoms with Gasteiger partial charge < -0.3 is 10.2 Å². The second kappa shape index (κ2) is 3.58. The third-order valence-electron chi connectivity index (χ3n) is 4.19. The monoisotopic (exact) mass is 182 g/mol. The lowest BCUT2D eigenvalue weighted by Gasteiger charge is -2.46. The largest absolute Gasteiger partial charge is 0.317 e. The lowest BCUT2D eigenvalue weighted by molar-refractivity contribution is 0.0614. The number of piperidine rings is 1. The molecule has 1 N–H and O–H groups in total. The van der Waals surface area contributed by atoms with E-state index >= 15 is 0 Å². The fourth-order valence-corrected chi connectivity index (χ4v) is 3.17. The van der Waals surface area contributed by atoms with E-state index in [9.17, 15) is 0 Å². The average molecular weight is 182 g/mol. The molecule has 0 radical (unpaired) electrons. The van der Waals surface area contributed by atoms with E-state index in [4.69, 9.17) is 0 Å². The molecule has 2 heteroatoms. The van der Waals surface area contributed by atoms with Gasteiger partial charge in [0, 0.05) is 11.6 Å². The van der Waals surface area contributed by atoms with Gasteiger partial charge in [0.2, 0.25) is 0 Å². The quantitative estimate of drug-likeness (QED) is 0.663. The molecule has 13 heavy (non-hydrogen) atoms. The molecule has 2 aliphatic rings. The highest BCUT2D eigenvalue weighted by molar-refractivity contribution is 4.99. The molecule has 1 unspecified atom stereocenters. The van der Waals surface area contributed by atoms with E-state index in [-0.39, 0.29) is 0 Å². The first-order valence-electron chi connectivity index (χ1n) is 5.65. The summed E-state index contributed by atoms with van der Waals surface area (Å²) in [7, 11) is 4.43. The Hall–Kier alpha value is -0.0800. The summed E-state index contributed by atoms with van der Waals surface area (Å²) in [6.45, 7) is 1.28. The summed E-state index contributed by atoms with van der Waals surface area (Å²) < 4.78 is 0. The maximum Gasteiger partial charge on any atom is 0.0221 e. The van der Waals surface area contributed by atoms with Gasteiger partial charge in [-0.15, -0.1) is 0 Å². The predicted octanol–water partition coefficient (Wildman–Crippen LogP) is 1.61. The fraction of sp³-hybridized carbons (Fsp3) is 1.00. The summed E-state index contributed by atoms with van der Waals surface area (Å²) in [5.74, 6) is 0. The van der Waals surface area contributed by atoms with Crippen LogP contribution in [0.1, 0.15) is 38.5 Å². The number of nitrogens with zero attached hydrogens (tertiary/aromatic N) is 1. The zero-order chi connectivity index (χ0) is 9.31. The van der Waals surface area contributed by atoms with E-state index in [1.807, 2.05) is 0 Å². The lowest BCUT2D eigenvalue weighted by atomic mass is 9.83. The Bertz CT molecular complexity index is 173. The van der Waals surface area contributed by atoms with Crippen molar-refractivity contribution in [1.29, 1.82) is 0 Å². The number of nitrogens with one attached hydrogen (secondary N) is 1. The molecule has 2 rings (SSSR count). The van der Waals surface area contributed by atoms with Crippen LogP contribution in [0.5, 0.6) is 0 Å². The van der Waals surface area contributed by atoms with Crippen LogP contribution in [0.2, 0.25) is 0 Å². The molecule has 1 atom stereocenters. The van der Waals surface area contributed by atoms with Crippen molar-refractivity contribution in [3.05, 3.63) is 0 Å². The van der Waals surface area contributed by atoms with Crippen molar-refractivity contribution in [2.45, 2.75) is 50.1 Å². The second-order valence-electron chi connectivity index (χ2n) is 4.83. The Morgan fingerprint density at radius 1 is 1.31 bits per heavy atom. The van der Waals surface area contributed by atoms with Gasteiger partial charge in [-0.2, -0.15) is 0 Å². The van der Waals surface area contributed by atoms with Crippen LogP contribution in [0.3, 0.4) is 0 Å². The Morgan fingerprint density at radius 3 is 2.62 bits per heavy atom. The Labute approximate surface area is 81.7 Å². The smallest absolute Gasteiger partial charge is 0.0221 e. The van der Waals surface area contributed by atoms with Gasteiger partial charge in [0.1, 0.15) is 0 Å². The summed E-state index contributed by atoms with van der Waals surface area (Å²) in [5.41, 5.74) is 0.575. The van der Waals surface area contributed by atoms with Crippen LogP contribution in [0.25, 0.3) is 0 Å². The average Bonchev–Trinajstić information content (AvgIpc) is 2.60. The van der Waals surface area contributed by atoms with Gasteiger partial charge in [0.25, 0.3) is 0 Å². The minimum absolute atomic E-state index is 0.575. The van der Waals surface area contributed by atoms with E-state index in [1.165, 1.54) is 45.1 Å². The van der Waals surface area contributed by atoms with Crippen molar-refractivity contribution >= 4 is 0 Å². The predicted molar refractivity (Wildman–Crippen MR) is 55.9 cm³/mol. The molecular formula is C11H22N2. The summed E-state index contributed by atoms with van der Waals surface area (Å²) >= 11 is 0. The molecule has 1 spiro atoms. The summed E-state index contributed by atoms with van der Waals surface area (Å²) in [5, 5.41) is 3.45. The molecule has 1 heterocycles. The van der Waals surface area contributed by atoms with Gasteiger partial charge in [0.15, 0.2) is 0 Å². The second-order valence-corrected chi connectivity index (χ2v) is 4.83. The van der Waals surface area contributed by atoms with Crippen molar-refractivity contribution in [3.8, 4) is 0 Å². The summed E-state index contributed by atoms with van der Waals surface area (Å²) in [6, 6.07) is 0.772. The topological polar surface area (TPSA) is 15.3 Å². The van der Waals surface area contributed by atoms with Crippen LogP contribution < -0.4 is 5.32 Å². The maximum absolute atomic E-state index is 3.45. The molecule has 0 bridgehead atoms. The van der Waals surface area contributed by atoms with Gasteiger partial charge in [-0.3, -0.25) is 0 Å². The van der Waals surface area contributed by atoms with Crippen molar-refractivity contribution in [3.63, 3.8) is 0 Å². The molecule has 0 amide bonds. The van der Waals surface area contributed by atoms with Crippen molar-refractivity contribution < 1.29 is 0 Å². The highest BCUT2D eigenvalue weighted by Gasteiger charge is 2.41. The Kier molecular flexibility index (Phi) is 2.61. The first-order chi connectivity index (χ1) is 6.27. The van der Waals surface area contributed by atoms with Crippen molar-refractivity contribution in [1.82, 2.24) is 10.2 Å². The zero-order valence-electron chi connectivity index (χ0n) is 8.97. The number of hydrogen-bond acceptors (Lipinski definition) is 2. The molecule has 1 aliphatic heterocycles. The Morgan fingerprint density at radius 2 is 2.00 bits per heavy atom.